The van der Waals surface area contributed by atoms with Gasteiger partial charge in [0.05, 0.1) is 5.84 Å². The van der Waals surface area contributed by atoms with Gasteiger partial charge in [0.15, 0.2) is 0 Å². The fourth-order valence-electron chi connectivity index (χ4n) is 0.942. The number of rotatable bonds is 3. The molecule has 0 aliphatic carbocycles. The van der Waals surface area contributed by atoms with Gasteiger partial charge in [-0.2, -0.15) is 11.3 Å². The van der Waals surface area contributed by atoms with Gasteiger partial charge in [0.1, 0.15) is 0 Å². The van der Waals surface area contributed by atoms with Crippen LogP contribution in [0.25, 0.3) is 0 Å². The third kappa shape index (κ3) is 2.66. The zero-order valence-electron chi connectivity index (χ0n) is 7.45. The number of hydrogen-bond donors (Lipinski definition) is 1. The molecule has 0 saturated heterocycles. The van der Waals surface area contributed by atoms with E-state index in [0.717, 1.165) is 6.54 Å². The summed E-state index contributed by atoms with van der Waals surface area (Å²) in [6, 6.07) is 2.14. The van der Waals surface area contributed by atoms with E-state index in [1.807, 2.05) is 6.92 Å². The second-order valence-corrected chi connectivity index (χ2v) is 3.72. The first-order valence-electron chi connectivity index (χ1n) is 3.98. The third-order valence-electron chi connectivity index (χ3n) is 1.73. The Morgan fingerprint density at radius 3 is 3.00 bits per heavy atom. The minimum absolute atomic E-state index is 0.481. The number of nitrogens with zero attached hydrogens (tertiary/aromatic N) is 1. The highest BCUT2D eigenvalue weighted by molar-refractivity contribution is 7.07. The second-order valence-electron chi connectivity index (χ2n) is 2.94. The number of amidine groups is 1. The van der Waals surface area contributed by atoms with E-state index in [-0.39, 0.29) is 0 Å². The molecule has 12 heavy (non-hydrogen) atoms. The molecular weight excluding hydrogens is 168 g/mol. The maximum absolute atomic E-state index is 5.45. The molecule has 0 bridgehead atoms. The van der Waals surface area contributed by atoms with Crippen molar-refractivity contribution in [1.29, 1.82) is 0 Å². The average molecular weight is 182 g/mol. The standard InChI is InChI=1S/C9H14N2S/c1-7(5-11-8(2)10)9-3-4-12-6-9/h3-4,6-7H,5H2,1-2H3,(H2,10,11). The van der Waals surface area contributed by atoms with Crippen molar-refractivity contribution in [3.05, 3.63) is 22.4 Å². The molecule has 0 amide bonds. The van der Waals surface area contributed by atoms with Gasteiger partial charge in [-0.1, -0.05) is 6.92 Å². The van der Waals surface area contributed by atoms with Crippen molar-refractivity contribution in [3.8, 4) is 0 Å². The lowest BCUT2D eigenvalue weighted by molar-refractivity contribution is 0.777. The van der Waals surface area contributed by atoms with Crippen LogP contribution >= 0.6 is 11.3 Å². The van der Waals surface area contributed by atoms with Crippen LogP contribution in [0.1, 0.15) is 25.3 Å². The lowest BCUT2D eigenvalue weighted by Gasteiger charge is -2.05. The largest absolute Gasteiger partial charge is 0.388 e. The smallest absolute Gasteiger partial charge is 0.0905 e. The summed E-state index contributed by atoms with van der Waals surface area (Å²) in [5, 5.41) is 4.25. The minimum Gasteiger partial charge on any atom is -0.388 e. The molecule has 0 radical (unpaired) electrons. The molecule has 0 aliphatic heterocycles. The summed E-state index contributed by atoms with van der Waals surface area (Å²) in [5.74, 6) is 1.15. The van der Waals surface area contributed by atoms with E-state index >= 15 is 0 Å². The second kappa shape index (κ2) is 4.26. The van der Waals surface area contributed by atoms with Crippen molar-refractivity contribution >= 4 is 17.2 Å². The molecule has 0 fully saturated rings. The lowest BCUT2D eigenvalue weighted by Crippen LogP contribution is -2.08. The van der Waals surface area contributed by atoms with Gasteiger partial charge in [-0.25, -0.2) is 0 Å². The molecule has 0 aliphatic rings. The quantitative estimate of drug-likeness (QED) is 0.565. The van der Waals surface area contributed by atoms with Crippen molar-refractivity contribution < 1.29 is 0 Å². The number of hydrogen-bond acceptors (Lipinski definition) is 2. The molecule has 1 heterocycles. The maximum Gasteiger partial charge on any atom is 0.0905 e. The zero-order chi connectivity index (χ0) is 8.97. The predicted octanol–water partition coefficient (Wildman–Crippen LogP) is 2.23. The van der Waals surface area contributed by atoms with Crippen LogP contribution in [0, 0.1) is 0 Å². The van der Waals surface area contributed by atoms with Crippen molar-refractivity contribution in [1.82, 2.24) is 0 Å². The van der Waals surface area contributed by atoms with Crippen LogP contribution in [0.5, 0.6) is 0 Å². The highest BCUT2D eigenvalue weighted by atomic mass is 32.1. The monoisotopic (exact) mass is 182 g/mol. The lowest BCUT2D eigenvalue weighted by atomic mass is 10.1. The fourth-order valence-corrected chi connectivity index (χ4v) is 1.72. The highest BCUT2D eigenvalue weighted by Gasteiger charge is 2.03. The molecule has 0 saturated carbocycles. The molecule has 0 aromatic carbocycles. The molecule has 66 valence electrons. The van der Waals surface area contributed by atoms with Gasteiger partial charge < -0.3 is 5.73 Å². The topological polar surface area (TPSA) is 38.4 Å². The first-order valence-corrected chi connectivity index (χ1v) is 4.93. The zero-order valence-corrected chi connectivity index (χ0v) is 8.27. The Labute approximate surface area is 77.1 Å². The van der Waals surface area contributed by atoms with Crippen molar-refractivity contribution in [2.24, 2.45) is 10.7 Å². The van der Waals surface area contributed by atoms with Gasteiger partial charge in [0.2, 0.25) is 0 Å². The van der Waals surface area contributed by atoms with Crippen LogP contribution in [0.4, 0.5) is 0 Å². The van der Waals surface area contributed by atoms with Gasteiger partial charge in [0, 0.05) is 12.5 Å². The van der Waals surface area contributed by atoms with E-state index in [1.54, 1.807) is 11.3 Å². The summed E-state index contributed by atoms with van der Waals surface area (Å²) in [6.45, 7) is 4.77. The van der Waals surface area contributed by atoms with Crippen molar-refractivity contribution in [2.45, 2.75) is 19.8 Å². The normalized spacial score (nSPS) is 14.7. The Kier molecular flexibility index (Phi) is 3.29. The van der Waals surface area contributed by atoms with E-state index in [9.17, 15) is 0 Å². The number of aliphatic imine (C=N–C) groups is 1. The third-order valence-corrected chi connectivity index (χ3v) is 2.43. The molecule has 1 atom stereocenters. The number of nitrogens with two attached hydrogens (primary N) is 1. The van der Waals surface area contributed by atoms with Crippen LogP contribution < -0.4 is 5.73 Å². The summed E-state index contributed by atoms with van der Waals surface area (Å²) in [5.41, 5.74) is 6.80. The molecular formula is C9H14N2S. The van der Waals surface area contributed by atoms with Crippen molar-refractivity contribution in [2.75, 3.05) is 6.54 Å². The molecule has 2 nitrogen and oxygen atoms in total. The first-order chi connectivity index (χ1) is 5.70. The average Bonchev–Trinajstić information content (AvgIpc) is 2.51. The van der Waals surface area contributed by atoms with Crippen LogP contribution in [0.3, 0.4) is 0 Å². The molecule has 2 N–H and O–H groups in total. The van der Waals surface area contributed by atoms with Gasteiger partial charge in [-0.15, -0.1) is 0 Å². The van der Waals surface area contributed by atoms with Gasteiger partial charge in [-0.3, -0.25) is 4.99 Å². The molecule has 1 rings (SSSR count). The van der Waals surface area contributed by atoms with Crippen LogP contribution in [-0.4, -0.2) is 12.4 Å². The summed E-state index contributed by atoms with van der Waals surface area (Å²) in [6.07, 6.45) is 0. The van der Waals surface area contributed by atoms with E-state index < -0.39 is 0 Å². The van der Waals surface area contributed by atoms with Gasteiger partial charge in [0.25, 0.3) is 0 Å². The molecule has 1 aromatic rings. The molecule has 0 spiro atoms. The number of thiophene rings is 1. The summed E-state index contributed by atoms with van der Waals surface area (Å²) < 4.78 is 0. The Morgan fingerprint density at radius 2 is 2.50 bits per heavy atom. The summed E-state index contributed by atoms with van der Waals surface area (Å²) in [4.78, 5) is 4.18. The fraction of sp³-hybridized carbons (Fsp3) is 0.444. The molecule has 1 unspecified atom stereocenters. The van der Waals surface area contributed by atoms with Gasteiger partial charge in [-0.05, 0) is 29.3 Å². The molecule has 1 aromatic heterocycles. The Balaban J connectivity index is 2.50. The first kappa shape index (κ1) is 9.26. The summed E-state index contributed by atoms with van der Waals surface area (Å²) in [7, 11) is 0. The predicted molar refractivity (Wildman–Crippen MR) is 54.9 cm³/mol. The van der Waals surface area contributed by atoms with E-state index in [2.05, 4.69) is 28.7 Å². The minimum atomic E-state index is 0.481. The Hall–Kier alpha value is -0.830. The van der Waals surface area contributed by atoms with E-state index in [0.29, 0.717) is 11.8 Å². The van der Waals surface area contributed by atoms with Gasteiger partial charge >= 0.3 is 0 Å². The van der Waals surface area contributed by atoms with Crippen LogP contribution in [-0.2, 0) is 0 Å². The van der Waals surface area contributed by atoms with E-state index in [1.165, 1.54) is 5.56 Å². The SMILES string of the molecule is CC(N)=NCC(C)c1ccsc1. The molecule has 3 heteroatoms. The van der Waals surface area contributed by atoms with Crippen LogP contribution in [0.15, 0.2) is 21.8 Å². The van der Waals surface area contributed by atoms with Crippen LogP contribution in [0.2, 0.25) is 0 Å². The Bertz CT molecular complexity index is 248. The summed E-state index contributed by atoms with van der Waals surface area (Å²) >= 11 is 1.72. The van der Waals surface area contributed by atoms with E-state index in [4.69, 9.17) is 5.73 Å². The highest BCUT2D eigenvalue weighted by Crippen LogP contribution is 2.17. The Morgan fingerprint density at radius 1 is 1.75 bits per heavy atom. The van der Waals surface area contributed by atoms with Crippen molar-refractivity contribution in [3.63, 3.8) is 0 Å². The maximum atomic E-state index is 5.45.